The van der Waals surface area contributed by atoms with Crippen molar-refractivity contribution in [1.82, 2.24) is 20.0 Å². The molecule has 0 saturated heterocycles. The van der Waals surface area contributed by atoms with Gasteiger partial charge in [-0.05, 0) is 57.7 Å². The molecular formula is C28H34FN5O7S. The highest BCUT2D eigenvalue weighted by Crippen LogP contribution is 2.49. The Morgan fingerprint density at radius 3 is 2.52 bits per heavy atom. The van der Waals surface area contributed by atoms with Crippen LogP contribution in [0.3, 0.4) is 0 Å². The second-order valence-electron chi connectivity index (χ2n) is 11.1. The van der Waals surface area contributed by atoms with Gasteiger partial charge >= 0.3 is 5.97 Å². The van der Waals surface area contributed by atoms with Crippen molar-refractivity contribution in [2.75, 3.05) is 26.3 Å². The molecule has 1 fully saturated rings. The van der Waals surface area contributed by atoms with Crippen molar-refractivity contribution in [2.45, 2.75) is 62.4 Å². The molecule has 0 bridgehead atoms. The zero-order valence-electron chi connectivity index (χ0n) is 24.0. The fourth-order valence-electron chi connectivity index (χ4n) is 5.08. The first-order valence-electron chi connectivity index (χ1n) is 13.6. The van der Waals surface area contributed by atoms with Gasteiger partial charge in [0.2, 0.25) is 0 Å². The topological polar surface area (TPSA) is 161 Å². The van der Waals surface area contributed by atoms with Crippen molar-refractivity contribution in [2.24, 2.45) is 7.05 Å². The average molecular weight is 604 g/mol. The van der Waals surface area contributed by atoms with Crippen LogP contribution in [-0.4, -0.2) is 83.0 Å². The van der Waals surface area contributed by atoms with Crippen molar-refractivity contribution in [3.63, 3.8) is 0 Å². The lowest BCUT2D eigenvalue weighted by Crippen LogP contribution is -2.52. The van der Waals surface area contributed by atoms with Gasteiger partial charge < -0.3 is 19.7 Å². The highest BCUT2D eigenvalue weighted by molar-refractivity contribution is 7.94. The molecule has 2 aromatic rings. The summed E-state index contributed by atoms with van der Waals surface area (Å²) in [4.78, 5) is 39.5. The van der Waals surface area contributed by atoms with Crippen LogP contribution >= 0.6 is 0 Å². The van der Waals surface area contributed by atoms with Gasteiger partial charge in [-0.3, -0.25) is 14.3 Å². The van der Waals surface area contributed by atoms with Crippen molar-refractivity contribution in [3.8, 4) is 6.07 Å². The van der Waals surface area contributed by atoms with Crippen molar-refractivity contribution < 1.29 is 36.7 Å². The number of halogens is 1. The number of fused-ring (bicyclic) bond motifs is 1. The molecule has 1 saturated carbocycles. The Kier molecular flexibility index (Phi) is 8.75. The van der Waals surface area contributed by atoms with Gasteiger partial charge in [0, 0.05) is 32.2 Å². The van der Waals surface area contributed by atoms with E-state index in [-0.39, 0.29) is 37.6 Å². The molecule has 1 aliphatic heterocycles. The van der Waals surface area contributed by atoms with Crippen molar-refractivity contribution in [3.05, 3.63) is 52.3 Å². The Bertz CT molecular complexity index is 1520. The van der Waals surface area contributed by atoms with Gasteiger partial charge in [-0.1, -0.05) is 12.1 Å². The number of hydrogen-bond donors (Lipinski definition) is 1. The minimum absolute atomic E-state index is 0.0412. The number of amides is 2. The first-order valence-corrected chi connectivity index (χ1v) is 15.0. The van der Waals surface area contributed by atoms with E-state index in [2.05, 4.69) is 15.2 Å². The summed E-state index contributed by atoms with van der Waals surface area (Å²) in [5.41, 5.74) is 2.14. The van der Waals surface area contributed by atoms with E-state index in [9.17, 15) is 27.2 Å². The van der Waals surface area contributed by atoms with Gasteiger partial charge in [-0.25, -0.2) is 17.6 Å². The Morgan fingerprint density at radius 1 is 1.26 bits per heavy atom. The maximum atomic E-state index is 14.0. The number of aryl methyl sites for hydroxylation is 1. The smallest absolute Gasteiger partial charge is 0.368 e. The van der Waals surface area contributed by atoms with Gasteiger partial charge in [0.25, 0.3) is 18.2 Å². The highest BCUT2D eigenvalue weighted by atomic mass is 32.2. The van der Waals surface area contributed by atoms with Crippen LogP contribution in [0.15, 0.2) is 24.3 Å². The van der Waals surface area contributed by atoms with E-state index in [1.807, 2.05) is 6.07 Å². The van der Waals surface area contributed by atoms with Crippen LogP contribution < -0.4 is 5.32 Å². The van der Waals surface area contributed by atoms with E-state index in [0.29, 0.717) is 30.4 Å². The van der Waals surface area contributed by atoms with Gasteiger partial charge in [0.15, 0.2) is 15.5 Å². The van der Waals surface area contributed by atoms with Crippen LogP contribution in [0.25, 0.3) is 0 Å². The van der Waals surface area contributed by atoms with Gasteiger partial charge in [-0.15, -0.1) is 0 Å². The first kappa shape index (κ1) is 31.1. The van der Waals surface area contributed by atoms with Gasteiger partial charge in [-0.2, -0.15) is 10.4 Å². The number of carbonyl (C=O) groups is 3. The maximum absolute atomic E-state index is 14.0. The van der Waals surface area contributed by atoms with Crippen LogP contribution in [-0.2, 0) is 44.1 Å². The summed E-state index contributed by atoms with van der Waals surface area (Å²) in [7, 11) is -2.41. The number of hydrogen-bond acceptors (Lipinski definition) is 9. The predicted molar refractivity (Wildman–Crippen MR) is 148 cm³/mol. The predicted octanol–water partition coefficient (Wildman–Crippen LogP) is 1.82. The first-order chi connectivity index (χ1) is 19.8. The normalized spacial score (nSPS) is 16.8. The Labute approximate surface area is 243 Å². The fraction of sp³-hybridized carbons (Fsp3) is 0.536. The summed E-state index contributed by atoms with van der Waals surface area (Å²) in [6.07, 6.45) is -1.46. The molecule has 1 aliphatic carbocycles. The number of alkyl halides is 1. The fourth-order valence-corrected chi connectivity index (χ4v) is 7.44. The second-order valence-corrected chi connectivity index (χ2v) is 14.1. The van der Waals surface area contributed by atoms with E-state index in [0.717, 1.165) is 5.56 Å². The second kappa shape index (κ2) is 11.8. The summed E-state index contributed by atoms with van der Waals surface area (Å²) in [6, 6.07) is 8.81. The molecule has 0 radical (unpaired) electrons. The molecule has 1 aromatic carbocycles. The summed E-state index contributed by atoms with van der Waals surface area (Å²) in [5, 5.41) is 16.0. The lowest BCUT2D eigenvalue weighted by Gasteiger charge is -2.35. The van der Waals surface area contributed by atoms with Gasteiger partial charge in [0.05, 0.1) is 34.3 Å². The number of nitrogens with zero attached hydrogens (tertiary/aromatic N) is 4. The third-order valence-corrected chi connectivity index (χ3v) is 10.9. The largest absolute Gasteiger partial charge is 0.462 e. The Morgan fingerprint density at radius 2 is 1.93 bits per heavy atom. The molecular weight excluding hydrogens is 569 g/mol. The Balaban J connectivity index is 1.44. The number of rotatable bonds is 12. The average Bonchev–Trinajstić information content (AvgIpc) is 3.68. The molecule has 1 atom stereocenters. The number of sulfone groups is 1. The lowest BCUT2D eigenvalue weighted by molar-refractivity contribution is -0.170. The lowest BCUT2D eigenvalue weighted by atomic mass is 10.0. The zero-order chi connectivity index (χ0) is 30.9. The Hall–Kier alpha value is -3.83. The number of benzene rings is 1. The number of nitrogens with one attached hydrogen (secondary N) is 1. The van der Waals surface area contributed by atoms with Crippen LogP contribution in [0.4, 0.5) is 4.39 Å². The van der Waals surface area contributed by atoms with E-state index in [1.54, 1.807) is 31.3 Å². The molecule has 1 aromatic heterocycles. The van der Waals surface area contributed by atoms with Crippen molar-refractivity contribution >= 4 is 27.6 Å². The van der Waals surface area contributed by atoms with E-state index < -0.39 is 50.1 Å². The van der Waals surface area contributed by atoms with Crippen LogP contribution in [0.2, 0.25) is 0 Å². The van der Waals surface area contributed by atoms with E-state index in [1.165, 1.54) is 30.4 Å². The molecule has 2 aliphatic rings. The SMILES string of the molecule is CCOC(=O)C(F)OCC(C)(C)S(=O)(=O)C1(CN2CCc3c(C(=O)NCc4ccc(C#N)cc4)nn(C)c3C2=O)CC1. The molecule has 42 heavy (non-hydrogen) atoms. The third kappa shape index (κ3) is 5.89. The molecule has 226 valence electrons. The molecule has 1 N–H and O–H groups in total. The zero-order valence-corrected chi connectivity index (χ0v) is 24.8. The number of carbonyl (C=O) groups excluding carboxylic acids is 3. The monoisotopic (exact) mass is 603 g/mol. The molecule has 4 rings (SSSR count). The number of nitriles is 1. The standard InChI is InChI=1S/C28H34FN5O7S/c1-5-40-26(37)23(29)41-17-27(2,3)42(38,39)28(11-12-28)16-34-13-10-20-21(32-33(4)22(20)25(34)36)24(35)31-15-19-8-6-18(14-30)7-9-19/h6-9,23H,5,10-13,15-17H2,1-4H3,(H,31,35). The molecule has 14 heteroatoms. The number of esters is 1. The quantitative estimate of drug-likeness (QED) is 0.357. The minimum Gasteiger partial charge on any atom is -0.462 e. The number of ether oxygens (including phenoxy) is 2. The van der Waals surface area contributed by atoms with Gasteiger partial charge in [0.1, 0.15) is 5.69 Å². The summed E-state index contributed by atoms with van der Waals surface area (Å²) in [5.74, 6) is -2.10. The highest BCUT2D eigenvalue weighted by Gasteiger charge is 2.61. The third-order valence-electron chi connectivity index (χ3n) is 7.65. The molecule has 0 spiro atoms. The van der Waals surface area contributed by atoms with E-state index in [4.69, 9.17) is 10.00 Å². The minimum atomic E-state index is -3.96. The van der Waals surface area contributed by atoms with Crippen LogP contribution in [0.5, 0.6) is 0 Å². The molecule has 12 nitrogen and oxygen atoms in total. The van der Waals surface area contributed by atoms with E-state index >= 15 is 0 Å². The summed E-state index contributed by atoms with van der Waals surface area (Å²) >= 11 is 0. The molecule has 2 amide bonds. The van der Waals surface area contributed by atoms with Crippen LogP contribution in [0, 0.1) is 11.3 Å². The maximum Gasteiger partial charge on any atom is 0.368 e. The van der Waals surface area contributed by atoms with Crippen LogP contribution in [0.1, 0.15) is 71.3 Å². The van der Waals surface area contributed by atoms with Crippen molar-refractivity contribution in [1.29, 1.82) is 5.26 Å². The summed E-state index contributed by atoms with van der Waals surface area (Å²) in [6.45, 7) is 4.04. The molecule has 1 unspecified atom stereocenters. The summed E-state index contributed by atoms with van der Waals surface area (Å²) < 4.78 is 49.5. The molecule has 2 heterocycles. The number of aromatic nitrogens is 2.